The lowest BCUT2D eigenvalue weighted by atomic mass is 10.1. The Balaban J connectivity index is 2.01. The summed E-state index contributed by atoms with van der Waals surface area (Å²) in [6.45, 7) is -0.178. The van der Waals surface area contributed by atoms with Crippen LogP contribution in [-0.4, -0.2) is 12.4 Å². The number of Topliss-reactive ketones (excluding diaryl/α,β-unsaturated/α-hetero) is 1. The number of hydrogen-bond donors (Lipinski definition) is 0. The first-order valence-corrected chi connectivity index (χ1v) is 6.12. The molecule has 0 bridgehead atoms. The van der Waals surface area contributed by atoms with Crippen LogP contribution in [0, 0.1) is 5.82 Å². The number of hydrogen-bond acceptors (Lipinski definition) is 2. The van der Waals surface area contributed by atoms with E-state index in [1.54, 1.807) is 36.4 Å². The SMILES string of the molecule is O=C(COc1ccccc1F)c1ccc(Br)cc1. The molecule has 18 heavy (non-hydrogen) atoms. The number of ether oxygens (including phenoxy) is 1. The van der Waals surface area contributed by atoms with Gasteiger partial charge in [-0.3, -0.25) is 4.79 Å². The quantitative estimate of drug-likeness (QED) is 0.802. The summed E-state index contributed by atoms with van der Waals surface area (Å²) in [5.41, 5.74) is 0.537. The Morgan fingerprint density at radius 1 is 1.11 bits per heavy atom. The highest BCUT2D eigenvalue weighted by molar-refractivity contribution is 9.10. The smallest absolute Gasteiger partial charge is 0.200 e. The van der Waals surface area contributed by atoms with Crippen molar-refractivity contribution in [1.82, 2.24) is 0 Å². The molecular weight excluding hydrogens is 299 g/mol. The van der Waals surface area contributed by atoms with Crippen molar-refractivity contribution in [3.05, 3.63) is 64.4 Å². The van der Waals surface area contributed by atoms with E-state index in [9.17, 15) is 9.18 Å². The molecule has 0 amide bonds. The Morgan fingerprint density at radius 2 is 1.78 bits per heavy atom. The van der Waals surface area contributed by atoms with Crippen LogP contribution in [0.15, 0.2) is 53.0 Å². The summed E-state index contributed by atoms with van der Waals surface area (Å²) >= 11 is 3.29. The number of rotatable bonds is 4. The number of halogens is 2. The second-order valence-corrected chi connectivity index (χ2v) is 4.56. The highest BCUT2D eigenvalue weighted by atomic mass is 79.9. The average molecular weight is 309 g/mol. The van der Waals surface area contributed by atoms with Gasteiger partial charge in [-0.15, -0.1) is 0 Å². The Hall–Kier alpha value is -1.68. The lowest BCUT2D eigenvalue weighted by Gasteiger charge is -2.06. The van der Waals surface area contributed by atoms with Gasteiger partial charge in [0, 0.05) is 10.0 Å². The third kappa shape index (κ3) is 3.17. The van der Waals surface area contributed by atoms with Crippen LogP contribution in [0.25, 0.3) is 0 Å². The molecule has 2 rings (SSSR count). The van der Waals surface area contributed by atoms with Crippen LogP contribution in [0.1, 0.15) is 10.4 Å². The normalized spacial score (nSPS) is 10.1. The maximum absolute atomic E-state index is 13.3. The zero-order valence-corrected chi connectivity index (χ0v) is 11.0. The minimum absolute atomic E-state index is 0.0861. The molecule has 2 aromatic rings. The summed E-state index contributed by atoms with van der Waals surface area (Å²) in [7, 11) is 0. The molecule has 0 spiro atoms. The van der Waals surface area contributed by atoms with Gasteiger partial charge in [-0.25, -0.2) is 4.39 Å². The molecular formula is C14H10BrFO2. The van der Waals surface area contributed by atoms with Crippen molar-refractivity contribution >= 4 is 21.7 Å². The fourth-order valence-electron chi connectivity index (χ4n) is 1.42. The van der Waals surface area contributed by atoms with Gasteiger partial charge in [0.15, 0.2) is 24.0 Å². The van der Waals surface area contributed by atoms with E-state index in [4.69, 9.17) is 4.74 Å². The van der Waals surface area contributed by atoms with Gasteiger partial charge in [0.2, 0.25) is 0 Å². The lowest BCUT2D eigenvalue weighted by molar-refractivity contribution is 0.0919. The molecule has 0 saturated heterocycles. The van der Waals surface area contributed by atoms with Gasteiger partial charge in [0.1, 0.15) is 0 Å². The summed E-state index contributed by atoms with van der Waals surface area (Å²) < 4.78 is 19.3. The maximum atomic E-state index is 13.3. The monoisotopic (exact) mass is 308 g/mol. The van der Waals surface area contributed by atoms with Gasteiger partial charge < -0.3 is 4.74 Å². The van der Waals surface area contributed by atoms with Gasteiger partial charge in [0.25, 0.3) is 0 Å². The first-order valence-electron chi connectivity index (χ1n) is 5.33. The summed E-state index contributed by atoms with van der Waals surface area (Å²) in [5.74, 6) is -0.574. The predicted octanol–water partition coefficient (Wildman–Crippen LogP) is 3.85. The van der Waals surface area contributed by atoms with Crippen LogP contribution in [0.4, 0.5) is 4.39 Å². The van der Waals surface area contributed by atoms with Crippen molar-refractivity contribution in [3.8, 4) is 5.75 Å². The fourth-order valence-corrected chi connectivity index (χ4v) is 1.69. The van der Waals surface area contributed by atoms with E-state index in [0.29, 0.717) is 5.56 Å². The molecule has 4 heteroatoms. The maximum Gasteiger partial charge on any atom is 0.200 e. The Kier molecular flexibility index (Phi) is 4.10. The third-order valence-corrected chi connectivity index (χ3v) is 2.89. The van der Waals surface area contributed by atoms with Crippen LogP contribution >= 0.6 is 15.9 Å². The largest absolute Gasteiger partial charge is 0.482 e. The number of carbonyl (C=O) groups is 1. The van der Waals surface area contributed by atoms with Crippen molar-refractivity contribution in [3.63, 3.8) is 0 Å². The van der Waals surface area contributed by atoms with Crippen LogP contribution in [-0.2, 0) is 0 Å². The summed E-state index contributed by atoms with van der Waals surface area (Å²) in [4.78, 5) is 11.8. The minimum atomic E-state index is -0.471. The number of para-hydroxylation sites is 1. The van der Waals surface area contributed by atoms with Gasteiger partial charge in [-0.05, 0) is 24.3 Å². The summed E-state index contributed by atoms with van der Waals surface area (Å²) in [6, 6.07) is 12.9. The highest BCUT2D eigenvalue weighted by Gasteiger charge is 2.08. The fraction of sp³-hybridized carbons (Fsp3) is 0.0714. The molecule has 0 saturated carbocycles. The molecule has 0 fully saturated rings. The Morgan fingerprint density at radius 3 is 2.44 bits per heavy atom. The summed E-state index contributed by atoms with van der Waals surface area (Å²) in [6.07, 6.45) is 0. The number of benzene rings is 2. The molecule has 0 unspecified atom stereocenters. The minimum Gasteiger partial charge on any atom is -0.482 e. The highest BCUT2D eigenvalue weighted by Crippen LogP contribution is 2.16. The van der Waals surface area contributed by atoms with Crippen LogP contribution in [0.2, 0.25) is 0 Å². The predicted molar refractivity (Wildman–Crippen MR) is 70.4 cm³/mol. The molecule has 0 atom stereocenters. The lowest BCUT2D eigenvalue weighted by Crippen LogP contribution is -2.12. The van der Waals surface area contributed by atoms with Gasteiger partial charge in [-0.2, -0.15) is 0 Å². The molecule has 0 aliphatic rings. The van der Waals surface area contributed by atoms with Gasteiger partial charge in [0.05, 0.1) is 0 Å². The van der Waals surface area contributed by atoms with Crippen LogP contribution < -0.4 is 4.74 Å². The van der Waals surface area contributed by atoms with E-state index < -0.39 is 5.82 Å². The molecule has 0 aliphatic carbocycles. The van der Waals surface area contributed by atoms with Crippen LogP contribution in [0.5, 0.6) is 5.75 Å². The zero-order valence-electron chi connectivity index (χ0n) is 9.40. The van der Waals surface area contributed by atoms with Crippen molar-refractivity contribution in [2.75, 3.05) is 6.61 Å². The van der Waals surface area contributed by atoms with Crippen molar-refractivity contribution in [2.24, 2.45) is 0 Å². The van der Waals surface area contributed by atoms with E-state index in [2.05, 4.69) is 15.9 Å². The molecule has 0 heterocycles. The molecule has 0 radical (unpaired) electrons. The molecule has 2 aromatic carbocycles. The molecule has 0 aromatic heterocycles. The number of carbonyl (C=O) groups excluding carboxylic acids is 1. The number of ketones is 1. The first-order chi connectivity index (χ1) is 8.66. The van der Waals surface area contributed by atoms with E-state index in [1.165, 1.54) is 12.1 Å². The molecule has 0 N–H and O–H groups in total. The first kappa shape index (κ1) is 12.8. The van der Waals surface area contributed by atoms with E-state index in [0.717, 1.165) is 4.47 Å². The molecule has 0 aliphatic heterocycles. The van der Waals surface area contributed by atoms with E-state index in [-0.39, 0.29) is 18.1 Å². The van der Waals surface area contributed by atoms with E-state index >= 15 is 0 Å². The topological polar surface area (TPSA) is 26.3 Å². The average Bonchev–Trinajstić information content (AvgIpc) is 2.38. The van der Waals surface area contributed by atoms with Crippen molar-refractivity contribution < 1.29 is 13.9 Å². The summed E-state index contributed by atoms with van der Waals surface area (Å²) in [5, 5.41) is 0. The van der Waals surface area contributed by atoms with Crippen molar-refractivity contribution in [1.29, 1.82) is 0 Å². The second-order valence-electron chi connectivity index (χ2n) is 3.65. The van der Waals surface area contributed by atoms with Crippen LogP contribution in [0.3, 0.4) is 0 Å². The Labute approximate surface area is 113 Å². The molecule has 92 valence electrons. The molecule has 2 nitrogen and oxygen atoms in total. The third-order valence-electron chi connectivity index (χ3n) is 2.36. The zero-order chi connectivity index (χ0) is 13.0. The van der Waals surface area contributed by atoms with Crippen molar-refractivity contribution in [2.45, 2.75) is 0 Å². The standard InChI is InChI=1S/C14H10BrFO2/c15-11-7-5-10(6-8-11)13(17)9-18-14-4-2-1-3-12(14)16/h1-8H,9H2. The van der Waals surface area contributed by atoms with Gasteiger partial charge >= 0.3 is 0 Å². The van der Waals surface area contributed by atoms with E-state index in [1.807, 2.05) is 0 Å². The Bertz CT molecular complexity index is 552. The van der Waals surface area contributed by atoms with Gasteiger partial charge in [-0.1, -0.05) is 40.2 Å². The second kappa shape index (κ2) is 5.78.